The Hall–Kier alpha value is -2.56. The Kier molecular flexibility index (Phi) is 5.79. The van der Waals surface area contributed by atoms with Gasteiger partial charge in [-0.25, -0.2) is 4.79 Å². The average molecular weight is 329 g/mol. The molecule has 0 aromatic heterocycles. The number of nitrogens with one attached hydrogen (secondary N) is 1. The summed E-state index contributed by atoms with van der Waals surface area (Å²) in [5.74, 6) is -0.701. The topological polar surface area (TPSA) is 75.6 Å². The molecule has 0 bridgehead atoms. The second-order valence-corrected chi connectivity index (χ2v) is 5.95. The molecule has 0 radical (unpaired) electrons. The summed E-state index contributed by atoms with van der Waals surface area (Å²) in [4.78, 5) is 23.7. The van der Waals surface area contributed by atoms with Crippen LogP contribution in [-0.2, 0) is 16.0 Å². The quantitative estimate of drug-likeness (QED) is 0.819. The van der Waals surface area contributed by atoms with Crippen LogP contribution in [0.2, 0.25) is 0 Å². The predicted octanol–water partition coefficient (Wildman–Crippen LogP) is 3.01. The minimum Gasteiger partial charge on any atom is -0.497 e. The standard InChI is InChI=1S/C19H23NO4/c1-4-12(2)18(19(22)23)20-17(21)10-14-7-5-6-13-8-9-15(24-3)11-16(13)14/h5-9,11-12,18H,4,10H2,1-3H3,(H,20,21)(H,22,23)/t12-,18-/m0/s1. The van der Waals surface area contributed by atoms with Gasteiger partial charge in [-0.15, -0.1) is 0 Å². The molecule has 2 N–H and O–H groups in total. The number of methoxy groups -OCH3 is 1. The lowest BCUT2D eigenvalue weighted by Gasteiger charge is -2.20. The van der Waals surface area contributed by atoms with Crippen LogP contribution in [0.15, 0.2) is 36.4 Å². The Bertz CT molecular complexity index is 741. The molecule has 0 spiro atoms. The highest BCUT2D eigenvalue weighted by Crippen LogP contribution is 2.24. The molecule has 24 heavy (non-hydrogen) atoms. The van der Waals surface area contributed by atoms with E-state index in [0.717, 1.165) is 22.1 Å². The zero-order valence-corrected chi connectivity index (χ0v) is 14.2. The molecule has 2 rings (SSSR count). The van der Waals surface area contributed by atoms with Crippen molar-refractivity contribution in [3.63, 3.8) is 0 Å². The first-order valence-corrected chi connectivity index (χ1v) is 8.04. The van der Waals surface area contributed by atoms with Gasteiger partial charge in [0.2, 0.25) is 5.91 Å². The monoisotopic (exact) mass is 329 g/mol. The molecule has 2 atom stereocenters. The summed E-state index contributed by atoms with van der Waals surface area (Å²) in [5, 5.41) is 13.9. The van der Waals surface area contributed by atoms with Crippen LogP contribution < -0.4 is 10.1 Å². The van der Waals surface area contributed by atoms with Crippen molar-refractivity contribution < 1.29 is 19.4 Å². The lowest BCUT2D eigenvalue weighted by atomic mass is 9.98. The molecule has 5 nitrogen and oxygen atoms in total. The maximum atomic E-state index is 12.3. The van der Waals surface area contributed by atoms with E-state index in [9.17, 15) is 14.7 Å². The van der Waals surface area contributed by atoms with E-state index in [0.29, 0.717) is 6.42 Å². The SMILES string of the molecule is CC[C@H](C)[C@H](NC(=O)Cc1cccc2ccc(OC)cc12)C(=O)O. The van der Waals surface area contributed by atoms with Gasteiger partial charge in [-0.05, 0) is 34.4 Å². The summed E-state index contributed by atoms with van der Waals surface area (Å²) in [6.45, 7) is 3.73. The maximum Gasteiger partial charge on any atom is 0.326 e. The van der Waals surface area contributed by atoms with E-state index in [1.165, 1.54) is 0 Å². The van der Waals surface area contributed by atoms with Gasteiger partial charge in [0, 0.05) is 0 Å². The van der Waals surface area contributed by atoms with Crippen molar-refractivity contribution in [1.82, 2.24) is 5.32 Å². The molecule has 0 heterocycles. The van der Waals surface area contributed by atoms with Gasteiger partial charge < -0.3 is 15.2 Å². The molecule has 0 saturated carbocycles. The number of carbonyl (C=O) groups is 2. The number of aliphatic carboxylic acids is 1. The number of hydrogen-bond acceptors (Lipinski definition) is 3. The summed E-state index contributed by atoms with van der Waals surface area (Å²) < 4.78 is 5.25. The fourth-order valence-electron chi connectivity index (χ4n) is 2.68. The number of carbonyl (C=O) groups excluding carboxylic acids is 1. The molecule has 2 aromatic carbocycles. The summed E-state index contributed by atoms with van der Waals surface area (Å²) in [5.41, 5.74) is 0.845. The van der Waals surface area contributed by atoms with Crippen LogP contribution in [0, 0.1) is 5.92 Å². The molecule has 0 saturated heterocycles. The Morgan fingerprint density at radius 1 is 1.25 bits per heavy atom. The number of hydrogen-bond donors (Lipinski definition) is 2. The first-order chi connectivity index (χ1) is 11.5. The van der Waals surface area contributed by atoms with Crippen LogP contribution in [0.5, 0.6) is 5.75 Å². The lowest BCUT2D eigenvalue weighted by molar-refractivity contribution is -0.143. The average Bonchev–Trinajstić information content (AvgIpc) is 2.58. The summed E-state index contributed by atoms with van der Waals surface area (Å²) in [6, 6.07) is 10.6. The van der Waals surface area contributed by atoms with E-state index in [1.807, 2.05) is 50.2 Å². The minimum absolute atomic E-state index is 0.126. The number of carboxylic acid groups (broad SMARTS) is 1. The molecule has 0 unspecified atom stereocenters. The fourth-order valence-corrected chi connectivity index (χ4v) is 2.68. The first-order valence-electron chi connectivity index (χ1n) is 8.04. The van der Waals surface area contributed by atoms with Gasteiger partial charge in [-0.2, -0.15) is 0 Å². The Morgan fingerprint density at radius 3 is 2.62 bits per heavy atom. The van der Waals surface area contributed by atoms with Crippen molar-refractivity contribution in [3.05, 3.63) is 42.0 Å². The first kappa shape index (κ1) is 17.8. The van der Waals surface area contributed by atoms with Crippen molar-refractivity contribution in [2.75, 3.05) is 7.11 Å². The normalized spacial score (nSPS) is 13.3. The lowest BCUT2D eigenvalue weighted by Crippen LogP contribution is -2.45. The minimum atomic E-state index is -1.00. The van der Waals surface area contributed by atoms with Crippen molar-refractivity contribution in [2.45, 2.75) is 32.7 Å². The van der Waals surface area contributed by atoms with Crippen LogP contribution in [0.25, 0.3) is 10.8 Å². The number of carboxylic acids is 1. The van der Waals surface area contributed by atoms with E-state index >= 15 is 0 Å². The van der Waals surface area contributed by atoms with Crippen LogP contribution in [0.3, 0.4) is 0 Å². The summed E-state index contributed by atoms with van der Waals surface area (Å²) >= 11 is 0. The third-order valence-corrected chi connectivity index (χ3v) is 4.33. The van der Waals surface area contributed by atoms with E-state index in [-0.39, 0.29) is 18.2 Å². The molecule has 128 valence electrons. The number of amides is 1. The van der Waals surface area contributed by atoms with Crippen molar-refractivity contribution in [2.24, 2.45) is 5.92 Å². The van der Waals surface area contributed by atoms with Gasteiger partial charge in [0.15, 0.2) is 0 Å². The van der Waals surface area contributed by atoms with Gasteiger partial charge in [-0.1, -0.05) is 44.5 Å². The van der Waals surface area contributed by atoms with Crippen molar-refractivity contribution in [1.29, 1.82) is 0 Å². The second-order valence-electron chi connectivity index (χ2n) is 5.95. The molecule has 5 heteroatoms. The Labute approximate surface area is 141 Å². The van der Waals surface area contributed by atoms with E-state index in [4.69, 9.17) is 4.74 Å². The van der Waals surface area contributed by atoms with Crippen LogP contribution in [0.1, 0.15) is 25.8 Å². The molecule has 1 amide bonds. The van der Waals surface area contributed by atoms with Crippen LogP contribution in [0.4, 0.5) is 0 Å². The number of rotatable bonds is 7. The van der Waals surface area contributed by atoms with Gasteiger partial charge in [0.1, 0.15) is 11.8 Å². The Morgan fingerprint density at radius 2 is 2.00 bits per heavy atom. The molecular formula is C19H23NO4. The molecule has 0 fully saturated rings. The number of ether oxygens (including phenoxy) is 1. The Balaban J connectivity index is 2.22. The smallest absolute Gasteiger partial charge is 0.326 e. The van der Waals surface area contributed by atoms with E-state index in [2.05, 4.69) is 5.32 Å². The molecule has 0 aliphatic rings. The molecule has 2 aromatic rings. The zero-order chi connectivity index (χ0) is 17.7. The number of benzene rings is 2. The number of fused-ring (bicyclic) bond motifs is 1. The highest BCUT2D eigenvalue weighted by Gasteiger charge is 2.25. The van der Waals surface area contributed by atoms with Gasteiger partial charge in [0.25, 0.3) is 0 Å². The van der Waals surface area contributed by atoms with Crippen LogP contribution >= 0.6 is 0 Å². The molecule has 0 aliphatic carbocycles. The molecule has 0 aliphatic heterocycles. The summed E-state index contributed by atoms with van der Waals surface area (Å²) in [6.07, 6.45) is 0.813. The zero-order valence-electron chi connectivity index (χ0n) is 14.2. The van der Waals surface area contributed by atoms with Crippen LogP contribution in [-0.4, -0.2) is 30.1 Å². The van der Waals surface area contributed by atoms with E-state index in [1.54, 1.807) is 7.11 Å². The third-order valence-electron chi connectivity index (χ3n) is 4.33. The summed E-state index contributed by atoms with van der Waals surface area (Å²) in [7, 11) is 1.60. The third kappa shape index (κ3) is 4.04. The van der Waals surface area contributed by atoms with Gasteiger partial charge in [0.05, 0.1) is 13.5 Å². The second kappa shape index (κ2) is 7.81. The van der Waals surface area contributed by atoms with Gasteiger partial charge in [-0.3, -0.25) is 4.79 Å². The highest BCUT2D eigenvalue weighted by molar-refractivity contribution is 5.92. The predicted molar refractivity (Wildman–Crippen MR) is 93.2 cm³/mol. The van der Waals surface area contributed by atoms with E-state index < -0.39 is 12.0 Å². The maximum absolute atomic E-state index is 12.3. The van der Waals surface area contributed by atoms with Gasteiger partial charge >= 0.3 is 5.97 Å². The molecular weight excluding hydrogens is 306 g/mol. The largest absolute Gasteiger partial charge is 0.497 e. The highest BCUT2D eigenvalue weighted by atomic mass is 16.5. The van der Waals surface area contributed by atoms with Crippen molar-refractivity contribution >= 4 is 22.6 Å². The fraction of sp³-hybridized carbons (Fsp3) is 0.368. The van der Waals surface area contributed by atoms with Crippen molar-refractivity contribution in [3.8, 4) is 5.75 Å².